The van der Waals surface area contributed by atoms with Crippen LogP contribution in [-0.4, -0.2) is 56.2 Å². The van der Waals surface area contributed by atoms with Crippen molar-refractivity contribution in [1.82, 2.24) is 19.5 Å². The Kier molecular flexibility index (Phi) is 5.32. The maximum atomic E-state index is 5.86. The number of nitrogens with zero attached hydrogens (tertiary/aromatic N) is 4. The number of fused-ring (bicyclic) bond motifs is 1. The van der Waals surface area contributed by atoms with Gasteiger partial charge in [0.05, 0.1) is 0 Å². The Hall–Kier alpha value is -1.00. The van der Waals surface area contributed by atoms with Gasteiger partial charge in [-0.05, 0) is 0 Å². The van der Waals surface area contributed by atoms with Crippen molar-refractivity contribution in [2.24, 2.45) is 0 Å². The topological polar surface area (TPSA) is 78.9 Å². The Morgan fingerprint density at radius 2 is 2.04 bits per heavy atom. The number of anilines is 1. The summed E-state index contributed by atoms with van der Waals surface area (Å²) in [5.41, 5.74) is 7.27. The van der Waals surface area contributed by atoms with Gasteiger partial charge in [0.1, 0.15) is 0 Å². The summed E-state index contributed by atoms with van der Waals surface area (Å²) in [5, 5.41) is 2.29. The van der Waals surface area contributed by atoms with Crippen LogP contribution >= 0.6 is 4.43 Å². The number of aryl methyl sites for hydroxylation is 1. The first-order valence-corrected chi connectivity index (χ1v) is 14.3. The van der Waals surface area contributed by atoms with Crippen molar-refractivity contribution < 1.29 is 4.52 Å². The third kappa shape index (κ3) is 3.58. The Morgan fingerprint density at radius 1 is 1.26 bits per heavy atom. The van der Waals surface area contributed by atoms with Crippen molar-refractivity contribution >= 4 is 56.3 Å². The van der Waals surface area contributed by atoms with Crippen LogP contribution in [0.15, 0.2) is 43.0 Å². The molecule has 6 nitrogen and oxygen atoms in total. The molecule has 1 aromatic carbocycles. The molecule has 0 fully saturated rings. The summed E-state index contributed by atoms with van der Waals surface area (Å²) in [7, 11) is 1.79. The molecular weight excluding hydrogens is 443 g/mol. The van der Waals surface area contributed by atoms with Gasteiger partial charge in [0.2, 0.25) is 0 Å². The molecule has 0 saturated carbocycles. The quantitative estimate of drug-likeness (QED) is 0.446. The van der Waals surface area contributed by atoms with E-state index in [1.165, 1.54) is 11.6 Å². The van der Waals surface area contributed by atoms with Crippen molar-refractivity contribution in [2.45, 2.75) is 11.9 Å². The van der Waals surface area contributed by atoms with E-state index in [9.17, 15) is 0 Å². The molecular formula is C14H16N5OPSe2. The molecule has 23 heavy (non-hydrogen) atoms. The van der Waals surface area contributed by atoms with Crippen molar-refractivity contribution in [3.05, 3.63) is 43.0 Å². The number of imidazole rings is 1. The standard InChI is InChI=1S/C14H16N5OPSe2/c1-20-21(22,11-5-3-2-4-6-11)23-8-7-19-10-18-12-13(15)16-9-17-14(12)19/h2-6,9-10H,7-8H2,1H3,(H2,15,16,17). The van der Waals surface area contributed by atoms with Crippen LogP contribution in [0.3, 0.4) is 0 Å². The van der Waals surface area contributed by atoms with Gasteiger partial charge in [-0.3, -0.25) is 0 Å². The minimum atomic E-state index is -1.64. The molecule has 1 atom stereocenters. The molecule has 9 heteroatoms. The average molecular weight is 459 g/mol. The van der Waals surface area contributed by atoms with Crippen molar-refractivity contribution in [3.8, 4) is 0 Å². The van der Waals surface area contributed by atoms with Gasteiger partial charge in [0.25, 0.3) is 0 Å². The number of hydrogen-bond donors (Lipinski definition) is 1. The van der Waals surface area contributed by atoms with Gasteiger partial charge in [-0.1, -0.05) is 0 Å². The van der Waals surface area contributed by atoms with Crippen LogP contribution in [0.1, 0.15) is 0 Å². The molecule has 0 radical (unpaired) electrons. The van der Waals surface area contributed by atoms with Crippen molar-refractivity contribution in [2.75, 3.05) is 12.8 Å². The van der Waals surface area contributed by atoms with E-state index in [2.05, 4.69) is 54.3 Å². The Bertz CT molecular complexity index is 855. The molecule has 0 bridgehead atoms. The van der Waals surface area contributed by atoms with E-state index >= 15 is 0 Å². The third-order valence-corrected chi connectivity index (χ3v) is 16.9. The van der Waals surface area contributed by atoms with Gasteiger partial charge in [-0.25, -0.2) is 0 Å². The van der Waals surface area contributed by atoms with Crippen LogP contribution < -0.4 is 11.0 Å². The van der Waals surface area contributed by atoms with Gasteiger partial charge in [0, 0.05) is 0 Å². The number of rotatable bonds is 6. The molecule has 1 unspecified atom stereocenters. The molecule has 0 aliphatic carbocycles. The fourth-order valence-corrected chi connectivity index (χ4v) is 11.5. The van der Waals surface area contributed by atoms with Crippen LogP contribution in [0.4, 0.5) is 5.82 Å². The average Bonchev–Trinajstić information content (AvgIpc) is 3.00. The Labute approximate surface area is 147 Å². The van der Waals surface area contributed by atoms with E-state index in [0.29, 0.717) is 25.8 Å². The van der Waals surface area contributed by atoms with Gasteiger partial charge < -0.3 is 0 Å². The fourth-order valence-electron chi connectivity index (χ4n) is 2.16. The first kappa shape index (κ1) is 16.8. The molecule has 2 N–H and O–H groups in total. The van der Waals surface area contributed by atoms with E-state index in [4.69, 9.17) is 10.3 Å². The zero-order valence-electron chi connectivity index (χ0n) is 12.5. The van der Waals surface area contributed by atoms with Crippen LogP contribution in [0, 0.1) is 0 Å². The summed E-state index contributed by atoms with van der Waals surface area (Å²) in [6, 6.07) is 10.4. The van der Waals surface area contributed by atoms with Gasteiger partial charge in [-0.15, -0.1) is 0 Å². The van der Waals surface area contributed by atoms with E-state index in [1.54, 1.807) is 13.4 Å². The van der Waals surface area contributed by atoms with E-state index in [0.717, 1.165) is 17.5 Å². The predicted molar refractivity (Wildman–Crippen MR) is 96.1 cm³/mol. The molecule has 2 aromatic heterocycles. The Balaban J connectivity index is 1.73. The minimum absolute atomic E-state index is 0.318. The Morgan fingerprint density at radius 3 is 2.78 bits per heavy atom. The zero-order valence-corrected chi connectivity index (χ0v) is 16.8. The third-order valence-electron chi connectivity index (χ3n) is 3.34. The number of aromatic nitrogens is 4. The molecule has 3 rings (SSSR count). The van der Waals surface area contributed by atoms with Gasteiger partial charge in [0.15, 0.2) is 0 Å². The second-order valence-electron chi connectivity index (χ2n) is 4.72. The number of benzene rings is 1. The normalized spacial score (nSPS) is 14.0. The first-order chi connectivity index (χ1) is 11.1. The number of nitrogens with two attached hydrogens (primary N) is 1. The second-order valence-corrected chi connectivity index (χ2v) is 19.3. The monoisotopic (exact) mass is 461 g/mol. The maximum absolute atomic E-state index is 5.86. The first-order valence-electron chi connectivity index (χ1n) is 6.91. The van der Waals surface area contributed by atoms with Crippen LogP contribution in [0.2, 0.25) is 5.32 Å². The summed E-state index contributed by atoms with van der Waals surface area (Å²) in [6.45, 7) is 0.840. The summed E-state index contributed by atoms with van der Waals surface area (Å²) in [4.78, 5) is 12.6. The zero-order chi connectivity index (χ0) is 16.3. The molecule has 0 aliphatic heterocycles. The molecule has 0 amide bonds. The van der Waals surface area contributed by atoms with E-state index < -0.39 is 4.43 Å². The summed E-state index contributed by atoms with van der Waals surface area (Å²) < 4.78 is 6.25. The molecule has 0 aliphatic rings. The molecule has 0 spiro atoms. The molecule has 3 aromatic rings. The van der Waals surface area contributed by atoms with Crippen LogP contribution in [0.25, 0.3) is 11.2 Å². The predicted octanol–water partition coefficient (Wildman–Crippen LogP) is 1.43. The molecule has 2 heterocycles. The SMILES string of the molecule is COP(=[Se])([Se]CCn1cnc2c(N)ncnc21)c1ccccc1. The van der Waals surface area contributed by atoms with Gasteiger partial charge >= 0.3 is 148 Å². The van der Waals surface area contributed by atoms with E-state index in [1.807, 2.05) is 10.6 Å². The van der Waals surface area contributed by atoms with Crippen molar-refractivity contribution in [3.63, 3.8) is 0 Å². The fraction of sp³-hybridized carbons (Fsp3) is 0.214. The molecule has 0 saturated heterocycles. The van der Waals surface area contributed by atoms with Crippen LogP contribution in [-0.2, 0) is 11.1 Å². The summed E-state index contributed by atoms with van der Waals surface area (Å²) in [5.74, 6) is 0.422. The van der Waals surface area contributed by atoms with Crippen molar-refractivity contribution in [1.29, 1.82) is 0 Å². The van der Waals surface area contributed by atoms with Crippen LogP contribution in [0.5, 0.6) is 0 Å². The second kappa shape index (κ2) is 7.27. The summed E-state index contributed by atoms with van der Waals surface area (Å²) >= 11 is 3.65. The van der Waals surface area contributed by atoms with Gasteiger partial charge in [-0.2, -0.15) is 0 Å². The number of nitrogen functional groups attached to an aromatic ring is 1. The van der Waals surface area contributed by atoms with E-state index in [-0.39, 0.29) is 0 Å². The number of hydrogen-bond acceptors (Lipinski definition) is 5. The molecule has 120 valence electrons. The summed E-state index contributed by atoms with van der Waals surface area (Å²) in [6.07, 6.45) is 3.26.